The van der Waals surface area contributed by atoms with Gasteiger partial charge in [0, 0.05) is 29.1 Å². The molecule has 2 aromatic heterocycles. The molecule has 0 aliphatic heterocycles. The van der Waals surface area contributed by atoms with Gasteiger partial charge in [0.15, 0.2) is 0 Å². The van der Waals surface area contributed by atoms with Crippen molar-refractivity contribution in [1.29, 1.82) is 5.26 Å². The molecule has 6 nitrogen and oxygen atoms in total. The highest BCUT2D eigenvalue weighted by molar-refractivity contribution is 7.98. The summed E-state index contributed by atoms with van der Waals surface area (Å²) in [6.07, 6.45) is 5.30. The van der Waals surface area contributed by atoms with Crippen LogP contribution >= 0.6 is 23.3 Å². The van der Waals surface area contributed by atoms with E-state index in [0.29, 0.717) is 10.3 Å². The Morgan fingerprint density at radius 3 is 2.77 bits per heavy atom. The van der Waals surface area contributed by atoms with Gasteiger partial charge in [0.25, 0.3) is 5.91 Å². The van der Waals surface area contributed by atoms with E-state index in [1.807, 2.05) is 66.4 Å². The summed E-state index contributed by atoms with van der Waals surface area (Å²) in [4.78, 5) is 16.5. The molecule has 1 aromatic carbocycles. The van der Waals surface area contributed by atoms with E-state index >= 15 is 0 Å². The number of anilines is 1. The second-order valence-electron chi connectivity index (χ2n) is 5.35. The maximum absolute atomic E-state index is 12.4. The minimum absolute atomic E-state index is 0.00189. The Morgan fingerprint density at radius 2 is 2.12 bits per heavy atom. The second-order valence-corrected chi connectivity index (χ2v) is 6.87. The van der Waals surface area contributed by atoms with Crippen LogP contribution in [0.5, 0.6) is 0 Å². The fourth-order valence-electron chi connectivity index (χ4n) is 2.26. The zero-order chi connectivity index (χ0) is 18.5. The topological polar surface area (TPSA) is 83.6 Å². The Labute approximate surface area is 159 Å². The van der Waals surface area contributed by atoms with E-state index in [1.165, 1.54) is 11.8 Å². The van der Waals surface area contributed by atoms with Gasteiger partial charge in [-0.2, -0.15) is 14.6 Å². The third-order valence-corrected chi connectivity index (χ3v) is 4.85. The van der Waals surface area contributed by atoms with Gasteiger partial charge >= 0.3 is 0 Å². The van der Waals surface area contributed by atoms with Gasteiger partial charge in [0.05, 0.1) is 0 Å². The summed E-state index contributed by atoms with van der Waals surface area (Å²) >= 11 is 2.47. The van der Waals surface area contributed by atoms with Crippen molar-refractivity contribution in [2.24, 2.45) is 0 Å². The molecule has 130 valence electrons. The van der Waals surface area contributed by atoms with Crippen molar-refractivity contribution in [2.45, 2.75) is 12.1 Å². The summed E-state index contributed by atoms with van der Waals surface area (Å²) in [5.41, 5.74) is 2.86. The molecule has 3 rings (SSSR count). The largest absolute Gasteiger partial charge is 0.317 e. The number of amides is 1. The van der Waals surface area contributed by atoms with Crippen molar-refractivity contribution in [2.75, 3.05) is 11.6 Å². The predicted octanol–water partition coefficient (Wildman–Crippen LogP) is 3.90. The molecule has 0 atom stereocenters. The van der Waals surface area contributed by atoms with Gasteiger partial charge in [0.2, 0.25) is 10.3 Å². The van der Waals surface area contributed by atoms with Crippen LogP contribution in [-0.4, -0.2) is 26.1 Å². The molecule has 8 heteroatoms. The lowest BCUT2D eigenvalue weighted by Gasteiger charge is -2.07. The fraction of sp³-hybridized carbons (Fsp3) is 0.111. The molecule has 1 N–H and O–H groups in total. The standard InChI is InChI=1S/C18H15N5OS2/c1-12-5-7-14(8-6-12)23-9-3-4-15(23)10-13(11-19)16(24)20-17-21-18(25-2)22-26-17/h3-10H,1-2H3,(H,20,21,22,24). The molecule has 0 fully saturated rings. The maximum Gasteiger partial charge on any atom is 0.268 e. The number of carbonyl (C=O) groups is 1. The van der Waals surface area contributed by atoms with Crippen LogP contribution < -0.4 is 5.32 Å². The average Bonchev–Trinajstić information content (AvgIpc) is 3.29. The third kappa shape index (κ3) is 4.02. The zero-order valence-corrected chi connectivity index (χ0v) is 15.8. The van der Waals surface area contributed by atoms with Crippen LogP contribution in [0.2, 0.25) is 0 Å². The number of hydrogen-bond donors (Lipinski definition) is 1. The van der Waals surface area contributed by atoms with Crippen LogP contribution in [0.4, 0.5) is 5.13 Å². The molecule has 0 bridgehead atoms. The molecule has 0 saturated heterocycles. The van der Waals surface area contributed by atoms with Gasteiger partial charge in [-0.05, 0) is 43.5 Å². The van der Waals surface area contributed by atoms with Gasteiger partial charge in [-0.15, -0.1) is 0 Å². The predicted molar refractivity (Wildman–Crippen MR) is 104 cm³/mol. The van der Waals surface area contributed by atoms with E-state index < -0.39 is 5.91 Å². The quantitative estimate of drug-likeness (QED) is 0.412. The Kier molecular flexibility index (Phi) is 5.51. The van der Waals surface area contributed by atoms with Crippen molar-refractivity contribution >= 4 is 40.4 Å². The molecule has 0 aliphatic rings. The number of nitriles is 1. The van der Waals surface area contributed by atoms with Crippen LogP contribution in [-0.2, 0) is 4.79 Å². The van der Waals surface area contributed by atoms with Gasteiger partial charge in [-0.3, -0.25) is 10.1 Å². The van der Waals surface area contributed by atoms with Crippen molar-refractivity contribution in [1.82, 2.24) is 13.9 Å². The van der Waals surface area contributed by atoms with Crippen molar-refractivity contribution in [3.05, 3.63) is 59.4 Å². The molecule has 1 amide bonds. The summed E-state index contributed by atoms with van der Waals surface area (Å²) in [7, 11) is 0. The van der Waals surface area contributed by atoms with Crippen molar-refractivity contribution in [3.8, 4) is 11.8 Å². The number of rotatable bonds is 5. The second kappa shape index (κ2) is 7.99. The summed E-state index contributed by atoms with van der Waals surface area (Å²) in [6, 6.07) is 13.7. The molecular formula is C18H15N5OS2. The normalized spacial score (nSPS) is 11.2. The number of aryl methyl sites for hydroxylation is 1. The summed E-state index contributed by atoms with van der Waals surface area (Å²) in [5.74, 6) is -0.507. The minimum atomic E-state index is -0.507. The number of benzene rings is 1. The third-order valence-electron chi connectivity index (χ3n) is 3.56. The molecule has 2 heterocycles. The average molecular weight is 381 g/mol. The molecular weight excluding hydrogens is 366 g/mol. The molecule has 0 unspecified atom stereocenters. The zero-order valence-electron chi connectivity index (χ0n) is 14.1. The Balaban J connectivity index is 1.85. The van der Waals surface area contributed by atoms with E-state index in [0.717, 1.165) is 28.5 Å². The van der Waals surface area contributed by atoms with E-state index in [9.17, 15) is 10.1 Å². The summed E-state index contributed by atoms with van der Waals surface area (Å²) in [6.45, 7) is 2.02. The van der Waals surface area contributed by atoms with Crippen LogP contribution in [0.1, 0.15) is 11.3 Å². The van der Waals surface area contributed by atoms with Gasteiger partial charge in [0.1, 0.15) is 11.6 Å². The van der Waals surface area contributed by atoms with Gasteiger partial charge in [-0.1, -0.05) is 29.5 Å². The van der Waals surface area contributed by atoms with Crippen LogP contribution in [0.15, 0.2) is 53.3 Å². The molecule has 0 aliphatic carbocycles. The number of carbonyl (C=O) groups excluding carboxylic acids is 1. The highest BCUT2D eigenvalue weighted by Gasteiger charge is 2.13. The number of nitrogens with one attached hydrogen (secondary N) is 1. The lowest BCUT2D eigenvalue weighted by Crippen LogP contribution is -2.13. The number of aromatic nitrogens is 3. The van der Waals surface area contributed by atoms with Crippen LogP contribution in [0, 0.1) is 18.3 Å². The van der Waals surface area contributed by atoms with E-state index in [2.05, 4.69) is 14.7 Å². The monoisotopic (exact) mass is 381 g/mol. The lowest BCUT2D eigenvalue weighted by atomic mass is 10.2. The fourth-order valence-corrected chi connectivity index (χ4v) is 3.38. The van der Waals surface area contributed by atoms with E-state index in [-0.39, 0.29) is 5.57 Å². The van der Waals surface area contributed by atoms with Crippen LogP contribution in [0.3, 0.4) is 0 Å². The van der Waals surface area contributed by atoms with Gasteiger partial charge in [-0.25, -0.2) is 0 Å². The van der Waals surface area contributed by atoms with Gasteiger partial charge < -0.3 is 4.57 Å². The SMILES string of the molecule is CSc1nsc(NC(=O)C(C#N)=Cc2cccn2-c2ccc(C)cc2)n1. The highest BCUT2D eigenvalue weighted by atomic mass is 32.2. The molecule has 26 heavy (non-hydrogen) atoms. The first kappa shape index (κ1) is 17.9. The maximum atomic E-state index is 12.4. The van der Waals surface area contributed by atoms with Crippen LogP contribution in [0.25, 0.3) is 11.8 Å². The first-order valence-corrected chi connectivity index (χ1v) is 9.66. The first-order valence-electron chi connectivity index (χ1n) is 7.66. The molecule has 0 spiro atoms. The first-order chi connectivity index (χ1) is 12.6. The van der Waals surface area contributed by atoms with E-state index in [1.54, 1.807) is 6.08 Å². The summed E-state index contributed by atoms with van der Waals surface area (Å²) < 4.78 is 6.00. The lowest BCUT2D eigenvalue weighted by molar-refractivity contribution is -0.112. The molecule has 0 radical (unpaired) electrons. The highest BCUT2D eigenvalue weighted by Crippen LogP contribution is 2.20. The van der Waals surface area contributed by atoms with E-state index in [4.69, 9.17) is 0 Å². The Morgan fingerprint density at radius 1 is 1.35 bits per heavy atom. The summed E-state index contributed by atoms with van der Waals surface area (Å²) in [5, 5.41) is 13.0. The number of hydrogen-bond acceptors (Lipinski definition) is 6. The molecule has 0 saturated carbocycles. The van der Waals surface area contributed by atoms with Crippen molar-refractivity contribution < 1.29 is 4.79 Å². The number of nitrogens with zero attached hydrogens (tertiary/aromatic N) is 4. The smallest absolute Gasteiger partial charge is 0.268 e. The number of thioether (sulfide) groups is 1. The Hall–Kier alpha value is -2.89. The minimum Gasteiger partial charge on any atom is -0.317 e. The Bertz CT molecular complexity index is 995. The van der Waals surface area contributed by atoms with Crippen molar-refractivity contribution in [3.63, 3.8) is 0 Å². The molecule has 3 aromatic rings.